The van der Waals surface area contributed by atoms with Crippen molar-refractivity contribution < 1.29 is 18.4 Å². The van der Waals surface area contributed by atoms with Crippen LogP contribution in [0.15, 0.2) is 69.5 Å². The Morgan fingerprint density at radius 2 is 1.39 bits per heavy atom. The summed E-state index contributed by atoms with van der Waals surface area (Å²) in [5, 5.41) is 0. The number of rotatable bonds is 4. The fraction of sp³-hybridized carbons (Fsp3) is 0.200. The minimum atomic E-state index is -0.141. The number of benzene rings is 2. The van der Waals surface area contributed by atoms with E-state index in [1.54, 1.807) is 22.0 Å². The van der Waals surface area contributed by atoms with Gasteiger partial charge in [0.05, 0.1) is 0 Å². The van der Waals surface area contributed by atoms with Crippen molar-refractivity contribution in [3.8, 4) is 0 Å². The summed E-state index contributed by atoms with van der Waals surface area (Å²) in [6.07, 6.45) is 6.08. The average molecular weight is 442 g/mol. The molecule has 1 aliphatic heterocycles. The number of nitrogens with zero attached hydrogens (tertiary/aromatic N) is 4. The lowest BCUT2D eigenvalue weighted by molar-refractivity contribution is -0.136. The van der Waals surface area contributed by atoms with E-state index < -0.39 is 0 Å². The molecule has 1 saturated heterocycles. The van der Waals surface area contributed by atoms with Gasteiger partial charge in [-0.2, -0.15) is 0 Å². The fourth-order valence-electron chi connectivity index (χ4n) is 3.89. The zero-order valence-electron chi connectivity index (χ0n) is 18.0. The van der Waals surface area contributed by atoms with Crippen LogP contribution in [0.4, 0.5) is 0 Å². The van der Waals surface area contributed by atoms with Crippen molar-refractivity contribution in [2.45, 2.75) is 13.0 Å². The average Bonchev–Trinajstić information content (AvgIpc) is 3.44. The fourth-order valence-corrected chi connectivity index (χ4v) is 3.89. The maximum atomic E-state index is 12.7. The second-order valence-electron chi connectivity index (χ2n) is 7.87. The molecule has 0 aliphatic carbocycles. The maximum absolute atomic E-state index is 12.7. The van der Waals surface area contributed by atoms with Gasteiger partial charge in [-0.25, -0.2) is 9.97 Å². The van der Waals surface area contributed by atoms with E-state index in [-0.39, 0.29) is 17.9 Å². The van der Waals surface area contributed by atoms with Crippen LogP contribution in [0.3, 0.4) is 0 Å². The van der Waals surface area contributed by atoms with E-state index in [9.17, 15) is 9.59 Å². The van der Waals surface area contributed by atoms with E-state index in [4.69, 9.17) is 8.83 Å². The lowest BCUT2D eigenvalue weighted by Gasteiger charge is -2.39. The van der Waals surface area contributed by atoms with E-state index in [0.29, 0.717) is 42.6 Å². The molecule has 0 saturated carbocycles. The second-order valence-corrected chi connectivity index (χ2v) is 7.87. The molecular weight excluding hydrogens is 420 g/mol. The molecule has 2 amide bonds. The molecule has 0 unspecified atom stereocenters. The molecular formula is C25H22N4O4. The third-order valence-electron chi connectivity index (χ3n) is 5.58. The monoisotopic (exact) mass is 442 g/mol. The summed E-state index contributed by atoms with van der Waals surface area (Å²) >= 11 is 0. The number of aromatic nitrogens is 2. The first kappa shape index (κ1) is 20.7. The number of hydrogen-bond acceptors (Lipinski definition) is 6. The number of carbonyl (C=O) groups excluding carboxylic acids is 2. The Hall–Kier alpha value is -4.20. The van der Waals surface area contributed by atoms with Crippen molar-refractivity contribution in [1.82, 2.24) is 19.8 Å². The van der Waals surface area contributed by atoms with Crippen LogP contribution in [-0.2, 0) is 9.59 Å². The molecule has 1 fully saturated rings. The molecule has 4 aromatic rings. The first-order chi connectivity index (χ1) is 16.1. The van der Waals surface area contributed by atoms with Gasteiger partial charge in [0.2, 0.25) is 23.6 Å². The Morgan fingerprint density at radius 3 is 1.94 bits per heavy atom. The molecule has 0 bridgehead atoms. The quantitative estimate of drug-likeness (QED) is 0.447. The van der Waals surface area contributed by atoms with Crippen molar-refractivity contribution in [1.29, 1.82) is 0 Å². The molecule has 8 heteroatoms. The van der Waals surface area contributed by atoms with Crippen molar-refractivity contribution >= 4 is 46.2 Å². The summed E-state index contributed by atoms with van der Waals surface area (Å²) in [7, 11) is 0. The predicted octanol–water partition coefficient (Wildman–Crippen LogP) is 3.75. The van der Waals surface area contributed by atoms with Crippen molar-refractivity contribution in [3.05, 3.63) is 72.5 Å². The number of fused-ring (bicyclic) bond motifs is 2. The molecule has 2 aromatic heterocycles. The predicted molar refractivity (Wildman–Crippen MR) is 124 cm³/mol. The third-order valence-corrected chi connectivity index (χ3v) is 5.58. The van der Waals surface area contributed by atoms with Crippen LogP contribution in [-0.4, -0.2) is 57.3 Å². The van der Waals surface area contributed by atoms with Crippen LogP contribution >= 0.6 is 0 Å². The van der Waals surface area contributed by atoms with E-state index in [1.165, 1.54) is 12.2 Å². The molecule has 5 rings (SSSR count). The standard InChI is InChI=1S/C25H22N4O4/c1-17-16-28(24(30)12-10-22-26-18-6-2-4-8-20(18)32-22)14-15-29(17)25(31)13-11-23-27-19-7-3-5-9-21(19)33-23/h2-13,17H,14-16H2,1H3/b12-10+,13-11+/t17-/m0/s1. The Bertz CT molecular complexity index is 1320. The summed E-state index contributed by atoms with van der Waals surface area (Å²) in [5.41, 5.74) is 2.85. The van der Waals surface area contributed by atoms with Crippen LogP contribution in [0.2, 0.25) is 0 Å². The lowest BCUT2D eigenvalue weighted by atomic mass is 10.1. The highest BCUT2D eigenvalue weighted by atomic mass is 16.4. The van der Waals surface area contributed by atoms with Gasteiger partial charge in [0.25, 0.3) is 0 Å². The van der Waals surface area contributed by atoms with E-state index in [1.807, 2.05) is 55.5 Å². The number of para-hydroxylation sites is 4. The van der Waals surface area contributed by atoms with Gasteiger partial charge in [0, 0.05) is 50.0 Å². The summed E-state index contributed by atoms with van der Waals surface area (Å²) in [6.45, 7) is 3.26. The molecule has 33 heavy (non-hydrogen) atoms. The summed E-state index contributed by atoms with van der Waals surface area (Å²) in [4.78, 5) is 37.5. The smallest absolute Gasteiger partial charge is 0.247 e. The number of carbonyl (C=O) groups is 2. The number of piperazine rings is 1. The van der Waals surface area contributed by atoms with Crippen molar-refractivity contribution in [2.75, 3.05) is 19.6 Å². The zero-order valence-corrected chi connectivity index (χ0v) is 18.0. The highest BCUT2D eigenvalue weighted by molar-refractivity contribution is 5.93. The minimum absolute atomic E-state index is 0.124. The summed E-state index contributed by atoms with van der Waals surface area (Å²) in [5.74, 6) is 0.489. The molecule has 0 N–H and O–H groups in total. The van der Waals surface area contributed by atoms with Gasteiger partial charge in [-0.1, -0.05) is 24.3 Å². The van der Waals surface area contributed by atoms with Gasteiger partial charge in [0.1, 0.15) is 11.0 Å². The molecule has 1 aliphatic rings. The first-order valence-electron chi connectivity index (χ1n) is 10.7. The molecule has 2 aromatic carbocycles. The first-order valence-corrected chi connectivity index (χ1v) is 10.7. The second kappa shape index (κ2) is 8.74. The largest absolute Gasteiger partial charge is 0.437 e. The minimum Gasteiger partial charge on any atom is -0.437 e. The van der Waals surface area contributed by atoms with Gasteiger partial charge in [-0.3, -0.25) is 9.59 Å². The van der Waals surface area contributed by atoms with Gasteiger partial charge in [-0.15, -0.1) is 0 Å². The topological polar surface area (TPSA) is 92.7 Å². The molecule has 1 atom stereocenters. The Kier molecular flexibility index (Phi) is 5.48. The number of amides is 2. The highest BCUT2D eigenvalue weighted by Crippen LogP contribution is 2.18. The van der Waals surface area contributed by atoms with Gasteiger partial charge < -0.3 is 18.6 Å². The molecule has 3 heterocycles. The molecule has 0 spiro atoms. The van der Waals surface area contributed by atoms with E-state index >= 15 is 0 Å². The SMILES string of the molecule is C[C@H]1CN(C(=O)/C=C/c2nc3ccccc3o2)CCN1C(=O)/C=C/c1nc2ccccc2o1. The van der Waals surface area contributed by atoms with Crippen LogP contribution in [0.5, 0.6) is 0 Å². The van der Waals surface area contributed by atoms with E-state index in [0.717, 1.165) is 11.0 Å². The number of hydrogen-bond donors (Lipinski definition) is 0. The molecule has 0 radical (unpaired) electrons. The lowest BCUT2D eigenvalue weighted by Crippen LogP contribution is -2.54. The Morgan fingerprint density at radius 1 is 0.848 bits per heavy atom. The highest BCUT2D eigenvalue weighted by Gasteiger charge is 2.28. The number of oxazole rings is 2. The zero-order chi connectivity index (χ0) is 22.8. The molecule has 166 valence electrons. The molecule has 8 nitrogen and oxygen atoms in total. The third kappa shape index (κ3) is 4.41. The van der Waals surface area contributed by atoms with Crippen LogP contribution in [0, 0.1) is 0 Å². The van der Waals surface area contributed by atoms with Crippen LogP contribution in [0.25, 0.3) is 34.4 Å². The Labute approximate surface area is 189 Å². The van der Waals surface area contributed by atoms with Gasteiger partial charge >= 0.3 is 0 Å². The van der Waals surface area contributed by atoms with Crippen molar-refractivity contribution in [2.24, 2.45) is 0 Å². The van der Waals surface area contributed by atoms with E-state index in [2.05, 4.69) is 9.97 Å². The van der Waals surface area contributed by atoms with Gasteiger partial charge in [0.15, 0.2) is 11.2 Å². The summed E-state index contributed by atoms with van der Waals surface area (Å²) in [6, 6.07) is 14.8. The van der Waals surface area contributed by atoms with Gasteiger partial charge in [-0.05, 0) is 31.2 Å². The normalized spacial score (nSPS) is 17.1. The Balaban J connectivity index is 1.19. The maximum Gasteiger partial charge on any atom is 0.247 e. The van der Waals surface area contributed by atoms with Crippen LogP contribution in [0.1, 0.15) is 18.7 Å². The van der Waals surface area contributed by atoms with Crippen LogP contribution < -0.4 is 0 Å². The van der Waals surface area contributed by atoms with Crippen molar-refractivity contribution in [3.63, 3.8) is 0 Å². The summed E-state index contributed by atoms with van der Waals surface area (Å²) < 4.78 is 11.2.